The number of halogens is 1. The summed E-state index contributed by atoms with van der Waals surface area (Å²) in [5.41, 5.74) is 3.41. The number of amides is 1. The highest BCUT2D eigenvalue weighted by Crippen LogP contribution is 2.39. The topological polar surface area (TPSA) is 50.5 Å². The van der Waals surface area contributed by atoms with Gasteiger partial charge in [0.25, 0.3) is 5.91 Å². The molecule has 0 spiro atoms. The Bertz CT molecular complexity index is 1160. The van der Waals surface area contributed by atoms with Gasteiger partial charge >= 0.3 is 0 Å². The van der Waals surface area contributed by atoms with Gasteiger partial charge in [-0.2, -0.15) is 0 Å². The minimum absolute atomic E-state index is 0.129. The molecular formula is C22H18BrNO3. The third-order valence-electron chi connectivity index (χ3n) is 4.90. The van der Waals surface area contributed by atoms with E-state index in [1.807, 2.05) is 50.2 Å². The van der Waals surface area contributed by atoms with Crippen LogP contribution in [0, 0.1) is 13.8 Å². The van der Waals surface area contributed by atoms with Gasteiger partial charge in [0.1, 0.15) is 5.58 Å². The summed E-state index contributed by atoms with van der Waals surface area (Å²) in [5, 5.41) is 0.535. The Morgan fingerprint density at radius 1 is 1.22 bits per heavy atom. The normalized spacial score (nSPS) is 16.0. The van der Waals surface area contributed by atoms with Crippen LogP contribution in [0.25, 0.3) is 11.0 Å². The zero-order valence-corrected chi connectivity index (χ0v) is 16.7. The Morgan fingerprint density at radius 2 is 2.00 bits per heavy atom. The molecule has 1 aromatic heterocycles. The summed E-state index contributed by atoms with van der Waals surface area (Å²) in [5.74, 6) is -0.155. The first kappa shape index (κ1) is 17.7. The lowest BCUT2D eigenvalue weighted by atomic mass is 9.97. The minimum Gasteiger partial charge on any atom is -0.450 e. The quantitative estimate of drug-likeness (QED) is 0.562. The molecule has 1 unspecified atom stereocenters. The lowest BCUT2D eigenvalue weighted by Gasteiger charge is -2.23. The Hall–Kier alpha value is -2.66. The smallest absolute Gasteiger partial charge is 0.291 e. The van der Waals surface area contributed by atoms with E-state index in [2.05, 4.69) is 22.5 Å². The fourth-order valence-electron chi connectivity index (χ4n) is 3.86. The Labute approximate surface area is 165 Å². The molecule has 1 aliphatic rings. The van der Waals surface area contributed by atoms with Gasteiger partial charge in [0.15, 0.2) is 5.43 Å². The molecule has 1 aliphatic heterocycles. The second kappa shape index (κ2) is 6.50. The van der Waals surface area contributed by atoms with Crippen LogP contribution in [0.5, 0.6) is 0 Å². The molecule has 2 aromatic carbocycles. The standard InChI is InChI=1S/C22H18BrNO3/c1-4-8-24-19(14-6-5-7-15(23)11-14)18-20(25)17-13(3)9-12(2)10-16(17)27-21(18)22(24)26/h4-7,9-11,19H,1,8H2,2-3H3. The van der Waals surface area contributed by atoms with Crippen LogP contribution in [0.4, 0.5) is 0 Å². The van der Waals surface area contributed by atoms with Crippen LogP contribution in [0.15, 0.2) is 62.7 Å². The first-order valence-electron chi connectivity index (χ1n) is 8.67. The molecule has 0 radical (unpaired) electrons. The Balaban J connectivity index is 2.07. The molecule has 0 fully saturated rings. The van der Waals surface area contributed by atoms with Crippen LogP contribution < -0.4 is 5.43 Å². The third-order valence-corrected chi connectivity index (χ3v) is 5.40. The number of carbonyl (C=O) groups is 1. The van der Waals surface area contributed by atoms with Crippen LogP contribution >= 0.6 is 15.9 Å². The van der Waals surface area contributed by atoms with Crippen molar-refractivity contribution in [2.75, 3.05) is 6.54 Å². The van der Waals surface area contributed by atoms with Gasteiger partial charge in [-0.25, -0.2) is 0 Å². The van der Waals surface area contributed by atoms with E-state index in [4.69, 9.17) is 4.42 Å². The number of hydrogen-bond acceptors (Lipinski definition) is 3. The second-order valence-electron chi connectivity index (χ2n) is 6.83. The molecule has 3 aromatic rings. The molecule has 5 heteroatoms. The van der Waals surface area contributed by atoms with Crippen molar-refractivity contribution in [3.8, 4) is 0 Å². The Morgan fingerprint density at radius 3 is 2.70 bits per heavy atom. The fourth-order valence-corrected chi connectivity index (χ4v) is 4.28. The van der Waals surface area contributed by atoms with Gasteiger partial charge in [0, 0.05) is 11.0 Å². The van der Waals surface area contributed by atoms with E-state index in [9.17, 15) is 9.59 Å². The second-order valence-corrected chi connectivity index (χ2v) is 7.75. The third kappa shape index (κ3) is 2.73. The number of benzene rings is 2. The number of hydrogen-bond donors (Lipinski definition) is 0. The van der Waals surface area contributed by atoms with E-state index in [0.717, 1.165) is 21.2 Å². The molecule has 4 rings (SSSR count). The molecular weight excluding hydrogens is 406 g/mol. The highest BCUT2D eigenvalue weighted by Gasteiger charge is 2.42. The van der Waals surface area contributed by atoms with Crippen molar-refractivity contribution in [3.63, 3.8) is 0 Å². The molecule has 0 bridgehead atoms. The van der Waals surface area contributed by atoms with Crippen molar-refractivity contribution in [3.05, 3.63) is 91.8 Å². The van der Waals surface area contributed by atoms with E-state index in [0.29, 0.717) is 23.1 Å². The van der Waals surface area contributed by atoms with Gasteiger partial charge in [-0.15, -0.1) is 6.58 Å². The summed E-state index contributed by atoms with van der Waals surface area (Å²) in [6, 6.07) is 10.9. The molecule has 4 nitrogen and oxygen atoms in total. The predicted octanol–water partition coefficient (Wildman–Crippen LogP) is 4.90. The average molecular weight is 424 g/mol. The van der Waals surface area contributed by atoms with Gasteiger partial charge in [-0.1, -0.05) is 40.2 Å². The zero-order valence-electron chi connectivity index (χ0n) is 15.1. The van der Waals surface area contributed by atoms with Crippen molar-refractivity contribution in [2.24, 2.45) is 0 Å². The van der Waals surface area contributed by atoms with Crippen LogP contribution in [0.1, 0.15) is 38.9 Å². The number of carbonyl (C=O) groups excluding carboxylic acids is 1. The molecule has 0 N–H and O–H groups in total. The van der Waals surface area contributed by atoms with Gasteiger partial charge in [-0.3, -0.25) is 9.59 Å². The summed E-state index contributed by atoms with van der Waals surface area (Å²) in [4.78, 5) is 28.1. The first-order valence-corrected chi connectivity index (χ1v) is 9.47. The monoisotopic (exact) mass is 423 g/mol. The largest absolute Gasteiger partial charge is 0.450 e. The summed E-state index contributed by atoms with van der Waals surface area (Å²) >= 11 is 3.48. The van der Waals surface area contributed by atoms with E-state index >= 15 is 0 Å². The summed E-state index contributed by atoms with van der Waals surface area (Å²) in [7, 11) is 0. The average Bonchev–Trinajstić information content (AvgIpc) is 2.88. The first-order chi connectivity index (χ1) is 12.9. The fraction of sp³-hybridized carbons (Fsp3) is 0.182. The molecule has 0 aliphatic carbocycles. The van der Waals surface area contributed by atoms with Crippen LogP contribution in [0.2, 0.25) is 0 Å². The van der Waals surface area contributed by atoms with E-state index < -0.39 is 6.04 Å². The zero-order chi connectivity index (χ0) is 19.3. The van der Waals surface area contributed by atoms with Crippen molar-refractivity contribution in [1.82, 2.24) is 4.90 Å². The van der Waals surface area contributed by atoms with Gasteiger partial charge in [0.2, 0.25) is 5.76 Å². The van der Waals surface area contributed by atoms with Gasteiger partial charge in [-0.05, 0) is 48.7 Å². The van der Waals surface area contributed by atoms with Gasteiger partial charge < -0.3 is 9.32 Å². The number of fused-ring (bicyclic) bond motifs is 2. The molecule has 1 amide bonds. The van der Waals surface area contributed by atoms with Crippen LogP contribution in [0.3, 0.4) is 0 Å². The molecule has 27 heavy (non-hydrogen) atoms. The highest BCUT2D eigenvalue weighted by atomic mass is 79.9. The van der Waals surface area contributed by atoms with Crippen molar-refractivity contribution >= 4 is 32.8 Å². The lowest BCUT2D eigenvalue weighted by Crippen LogP contribution is -2.29. The van der Waals surface area contributed by atoms with Crippen molar-refractivity contribution in [2.45, 2.75) is 19.9 Å². The maximum atomic E-state index is 13.4. The number of rotatable bonds is 3. The van der Waals surface area contributed by atoms with E-state index in [-0.39, 0.29) is 17.1 Å². The molecule has 0 saturated heterocycles. The number of nitrogens with zero attached hydrogens (tertiary/aromatic N) is 1. The maximum absolute atomic E-state index is 13.4. The maximum Gasteiger partial charge on any atom is 0.291 e. The SMILES string of the molecule is C=CCN1C(=O)c2oc3cc(C)cc(C)c3c(=O)c2C1c1cccc(Br)c1. The molecule has 1 atom stereocenters. The Kier molecular flexibility index (Phi) is 4.27. The highest BCUT2D eigenvalue weighted by molar-refractivity contribution is 9.10. The number of aryl methyl sites for hydroxylation is 2. The van der Waals surface area contributed by atoms with Crippen LogP contribution in [-0.4, -0.2) is 17.4 Å². The summed E-state index contributed by atoms with van der Waals surface area (Å²) in [6.07, 6.45) is 1.66. The molecule has 2 heterocycles. The van der Waals surface area contributed by atoms with Gasteiger partial charge in [0.05, 0.1) is 17.0 Å². The van der Waals surface area contributed by atoms with Crippen LogP contribution in [-0.2, 0) is 0 Å². The van der Waals surface area contributed by atoms with Crippen molar-refractivity contribution < 1.29 is 9.21 Å². The molecule has 0 saturated carbocycles. The lowest BCUT2D eigenvalue weighted by molar-refractivity contribution is 0.0748. The summed E-state index contributed by atoms with van der Waals surface area (Å²) in [6.45, 7) is 7.92. The van der Waals surface area contributed by atoms with Crippen molar-refractivity contribution in [1.29, 1.82) is 0 Å². The van der Waals surface area contributed by atoms with E-state index in [1.54, 1.807) is 11.0 Å². The molecule has 136 valence electrons. The predicted molar refractivity (Wildman–Crippen MR) is 109 cm³/mol. The minimum atomic E-state index is -0.496. The summed E-state index contributed by atoms with van der Waals surface area (Å²) < 4.78 is 6.87. The van der Waals surface area contributed by atoms with E-state index in [1.165, 1.54) is 0 Å².